The van der Waals surface area contributed by atoms with Crippen LogP contribution in [0, 0.1) is 6.92 Å². The van der Waals surface area contributed by atoms with Crippen LogP contribution in [0.25, 0.3) is 11.4 Å². The number of amides is 1. The highest BCUT2D eigenvalue weighted by Gasteiger charge is 2.17. The predicted molar refractivity (Wildman–Crippen MR) is 86.5 cm³/mol. The van der Waals surface area contributed by atoms with Crippen LogP contribution in [0.2, 0.25) is 0 Å². The molecule has 1 aromatic carbocycles. The van der Waals surface area contributed by atoms with Gasteiger partial charge in [-0.25, -0.2) is 9.97 Å². The van der Waals surface area contributed by atoms with Crippen molar-refractivity contribution in [2.24, 2.45) is 0 Å². The van der Waals surface area contributed by atoms with E-state index in [2.05, 4.69) is 20.6 Å². The number of carbonyl (C=O) groups excluding carboxylic acids is 1. The fourth-order valence-corrected chi connectivity index (χ4v) is 2.66. The summed E-state index contributed by atoms with van der Waals surface area (Å²) in [6.45, 7) is 2.96. The lowest BCUT2D eigenvalue weighted by atomic mass is 10.1. The normalized spacial score (nSPS) is 17.4. The Morgan fingerprint density at radius 3 is 2.82 bits per heavy atom. The van der Waals surface area contributed by atoms with Gasteiger partial charge in [-0.05, 0) is 56.6 Å². The van der Waals surface area contributed by atoms with Crippen LogP contribution in [-0.4, -0.2) is 28.5 Å². The molecule has 1 aliphatic heterocycles. The van der Waals surface area contributed by atoms with E-state index < -0.39 is 0 Å². The molecule has 114 valence electrons. The molecule has 2 N–H and O–H groups in total. The second kappa shape index (κ2) is 6.66. The molecule has 0 saturated carbocycles. The number of carbonyl (C=O) groups is 1. The van der Waals surface area contributed by atoms with Crippen LogP contribution >= 0.6 is 0 Å². The molecule has 1 fully saturated rings. The van der Waals surface area contributed by atoms with Gasteiger partial charge in [-0.1, -0.05) is 0 Å². The first-order valence-electron chi connectivity index (χ1n) is 7.64. The molecule has 1 atom stereocenters. The van der Waals surface area contributed by atoms with Gasteiger partial charge >= 0.3 is 0 Å². The average molecular weight is 296 g/mol. The summed E-state index contributed by atoms with van der Waals surface area (Å²) in [4.78, 5) is 20.7. The quantitative estimate of drug-likeness (QED) is 0.910. The smallest absolute Gasteiger partial charge is 0.225 e. The Balaban J connectivity index is 1.62. The third kappa shape index (κ3) is 3.68. The maximum atomic E-state index is 12.0. The minimum Gasteiger partial charge on any atom is -0.326 e. The number of nitrogens with zero attached hydrogens (tertiary/aromatic N) is 2. The van der Waals surface area contributed by atoms with Crippen molar-refractivity contribution < 1.29 is 4.79 Å². The van der Waals surface area contributed by atoms with E-state index >= 15 is 0 Å². The molecule has 1 amide bonds. The Labute approximate surface area is 130 Å². The van der Waals surface area contributed by atoms with Crippen LogP contribution in [0.3, 0.4) is 0 Å². The van der Waals surface area contributed by atoms with Gasteiger partial charge in [0, 0.05) is 35.6 Å². The first kappa shape index (κ1) is 14.7. The van der Waals surface area contributed by atoms with E-state index in [-0.39, 0.29) is 5.91 Å². The van der Waals surface area contributed by atoms with Crippen LogP contribution in [0.5, 0.6) is 0 Å². The molecular formula is C17H20N4O. The van der Waals surface area contributed by atoms with Gasteiger partial charge in [-0.3, -0.25) is 4.79 Å². The molecule has 3 rings (SSSR count). The van der Waals surface area contributed by atoms with Gasteiger partial charge in [0.15, 0.2) is 5.82 Å². The molecule has 1 aromatic heterocycles. The van der Waals surface area contributed by atoms with E-state index in [1.54, 1.807) is 6.20 Å². The number of hydrogen-bond acceptors (Lipinski definition) is 4. The third-order valence-electron chi connectivity index (χ3n) is 3.82. The molecule has 5 heteroatoms. The largest absolute Gasteiger partial charge is 0.326 e. The van der Waals surface area contributed by atoms with Gasteiger partial charge in [-0.15, -0.1) is 0 Å². The van der Waals surface area contributed by atoms with Gasteiger partial charge in [0.05, 0.1) is 0 Å². The number of benzene rings is 1. The third-order valence-corrected chi connectivity index (χ3v) is 3.82. The SMILES string of the molecule is Cc1ccnc(-c2ccc(NC(=O)CC3CCCN3)cc2)n1. The standard InChI is InChI=1S/C17H20N4O/c1-12-8-10-19-17(20-12)13-4-6-14(7-5-13)21-16(22)11-15-3-2-9-18-15/h4-8,10,15,18H,2-3,9,11H2,1H3,(H,21,22). The molecule has 0 spiro atoms. The maximum absolute atomic E-state index is 12.0. The van der Waals surface area contributed by atoms with Crippen LogP contribution in [0.15, 0.2) is 36.5 Å². The number of anilines is 1. The molecule has 0 radical (unpaired) electrons. The van der Waals surface area contributed by atoms with Crippen LogP contribution < -0.4 is 10.6 Å². The van der Waals surface area contributed by atoms with Gasteiger partial charge in [0.2, 0.25) is 5.91 Å². The summed E-state index contributed by atoms with van der Waals surface area (Å²) in [7, 11) is 0. The molecule has 1 saturated heterocycles. The van der Waals surface area contributed by atoms with E-state index in [0.717, 1.165) is 36.3 Å². The number of aryl methyl sites for hydroxylation is 1. The fraction of sp³-hybridized carbons (Fsp3) is 0.353. The molecule has 5 nitrogen and oxygen atoms in total. The van der Waals surface area contributed by atoms with E-state index in [1.807, 2.05) is 37.3 Å². The fourth-order valence-electron chi connectivity index (χ4n) is 2.66. The summed E-state index contributed by atoms with van der Waals surface area (Å²) in [6.07, 6.45) is 4.52. The first-order valence-corrected chi connectivity index (χ1v) is 7.64. The lowest BCUT2D eigenvalue weighted by Gasteiger charge is -2.10. The van der Waals surface area contributed by atoms with Crippen molar-refractivity contribution in [3.05, 3.63) is 42.2 Å². The Morgan fingerprint density at radius 1 is 1.32 bits per heavy atom. The Bertz CT molecular complexity index is 648. The van der Waals surface area contributed by atoms with Crippen LogP contribution in [-0.2, 0) is 4.79 Å². The molecule has 0 bridgehead atoms. The highest BCUT2D eigenvalue weighted by atomic mass is 16.1. The van der Waals surface area contributed by atoms with Crippen molar-refractivity contribution in [2.75, 3.05) is 11.9 Å². The van der Waals surface area contributed by atoms with E-state index in [4.69, 9.17) is 0 Å². The number of hydrogen-bond donors (Lipinski definition) is 2. The van der Waals surface area contributed by atoms with E-state index in [1.165, 1.54) is 0 Å². The lowest BCUT2D eigenvalue weighted by molar-refractivity contribution is -0.116. The van der Waals surface area contributed by atoms with Gasteiger partial charge in [-0.2, -0.15) is 0 Å². The number of rotatable bonds is 4. The summed E-state index contributed by atoms with van der Waals surface area (Å²) in [5, 5.41) is 6.27. The van der Waals surface area contributed by atoms with E-state index in [9.17, 15) is 4.79 Å². The van der Waals surface area contributed by atoms with Crippen molar-refractivity contribution in [1.29, 1.82) is 0 Å². The van der Waals surface area contributed by atoms with Crippen LogP contribution in [0.4, 0.5) is 5.69 Å². The molecule has 2 heterocycles. The average Bonchev–Trinajstić information content (AvgIpc) is 3.01. The maximum Gasteiger partial charge on any atom is 0.225 e. The van der Waals surface area contributed by atoms with Crippen molar-refractivity contribution in [1.82, 2.24) is 15.3 Å². The van der Waals surface area contributed by atoms with Crippen molar-refractivity contribution in [3.8, 4) is 11.4 Å². The summed E-state index contributed by atoms with van der Waals surface area (Å²) < 4.78 is 0. The topological polar surface area (TPSA) is 66.9 Å². The molecule has 2 aromatic rings. The summed E-state index contributed by atoms with van der Waals surface area (Å²) >= 11 is 0. The van der Waals surface area contributed by atoms with E-state index in [0.29, 0.717) is 18.3 Å². The highest BCUT2D eigenvalue weighted by Crippen LogP contribution is 2.18. The van der Waals surface area contributed by atoms with Gasteiger partial charge in [0.1, 0.15) is 0 Å². The first-order chi connectivity index (χ1) is 10.7. The zero-order valence-electron chi connectivity index (χ0n) is 12.7. The Kier molecular flexibility index (Phi) is 4.44. The summed E-state index contributed by atoms with van der Waals surface area (Å²) in [6, 6.07) is 9.83. The van der Waals surface area contributed by atoms with Crippen molar-refractivity contribution in [2.45, 2.75) is 32.2 Å². The molecule has 1 aliphatic rings. The zero-order chi connectivity index (χ0) is 15.4. The Hall–Kier alpha value is -2.27. The summed E-state index contributed by atoms with van der Waals surface area (Å²) in [5.74, 6) is 0.756. The molecule has 1 unspecified atom stereocenters. The predicted octanol–water partition coefficient (Wildman–Crippen LogP) is 2.53. The van der Waals surface area contributed by atoms with Gasteiger partial charge in [0.25, 0.3) is 0 Å². The lowest BCUT2D eigenvalue weighted by Crippen LogP contribution is -2.27. The molecular weight excluding hydrogens is 276 g/mol. The minimum atomic E-state index is 0.0546. The minimum absolute atomic E-state index is 0.0546. The summed E-state index contributed by atoms with van der Waals surface area (Å²) in [5.41, 5.74) is 2.69. The van der Waals surface area contributed by atoms with Crippen molar-refractivity contribution in [3.63, 3.8) is 0 Å². The molecule has 0 aliphatic carbocycles. The number of nitrogens with one attached hydrogen (secondary N) is 2. The highest BCUT2D eigenvalue weighted by molar-refractivity contribution is 5.91. The monoisotopic (exact) mass is 296 g/mol. The molecule has 22 heavy (non-hydrogen) atoms. The second-order valence-corrected chi connectivity index (χ2v) is 5.64. The van der Waals surface area contributed by atoms with Gasteiger partial charge < -0.3 is 10.6 Å². The van der Waals surface area contributed by atoms with Crippen molar-refractivity contribution >= 4 is 11.6 Å². The Morgan fingerprint density at radius 2 is 2.14 bits per heavy atom. The van der Waals surface area contributed by atoms with Crippen LogP contribution in [0.1, 0.15) is 25.0 Å². The second-order valence-electron chi connectivity index (χ2n) is 5.64. The number of aromatic nitrogens is 2. The zero-order valence-corrected chi connectivity index (χ0v) is 12.7.